The molecule has 1 atom stereocenters. The van der Waals surface area contributed by atoms with Crippen molar-refractivity contribution in [1.29, 1.82) is 0 Å². The number of rotatable bonds is 5. The minimum atomic E-state index is 0. The van der Waals surface area contributed by atoms with Crippen molar-refractivity contribution in [2.45, 2.75) is 25.7 Å². The zero-order valence-electron chi connectivity index (χ0n) is 11.4. The monoisotopic (exact) mass is 302 g/mol. The van der Waals surface area contributed by atoms with Gasteiger partial charge in [0.1, 0.15) is 0 Å². The fraction of sp³-hybridized carbons (Fsp3) is 0.643. The van der Waals surface area contributed by atoms with Crippen molar-refractivity contribution in [3.05, 3.63) is 22.4 Å². The van der Waals surface area contributed by atoms with Crippen LogP contribution in [-0.4, -0.2) is 37.5 Å². The summed E-state index contributed by atoms with van der Waals surface area (Å²) in [6.45, 7) is 2.91. The number of amides is 1. The predicted molar refractivity (Wildman–Crippen MR) is 83.1 cm³/mol. The number of piperidine rings is 1. The van der Waals surface area contributed by atoms with E-state index in [0.717, 1.165) is 32.5 Å². The molecule has 1 fully saturated rings. The second-order valence-corrected chi connectivity index (χ2v) is 6.02. The molecule has 5 heteroatoms. The van der Waals surface area contributed by atoms with Crippen LogP contribution in [0, 0.1) is 5.92 Å². The van der Waals surface area contributed by atoms with Crippen LogP contribution >= 0.6 is 23.7 Å². The van der Waals surface area contributed by atoms with Gasteiger partial charge in [0.05, 0.1) is 0 Å². The van der Waals surface area contributed by atoms with Gasteiger partial charge in [-0.25, -0.2) is 0 Å². The number of carbonyl (C=O) groups excluding carboxylic acids is 1. The van der Waals surface area contributed by atoms with E-state index >= 15 is 0 Å². The number of nitrogens with zero attached hydrogens (tertiary/aromatic N) is 1. The van der Waals surface area contributed by atoms with E-state index < -0.39 is 0 Å². The van der Waals surface area contributed by atoms with Gasteiger partial charge < -0.3 is 10.2 Å². The lowest BCUT2D eigenvalue weighted by Gasteiger charge is -2.32. The van der Waals surface area contributed by atoms with Gasteiger partial charge in [-0.2, -0.15) is 0 Å². The number of aryl methyl sites for hydroxylation is 1. The number of hydrogen-bond acceptors (Lipinski definition) is 3. The van der Waals surface area contributed by atoms with Crippen LogP contribution in [0.3, 0.4) is 0 Å². The second kappa shape index (κ2) is 8.56. The molecule has 108 valence electrons. The molecular weight excluding hydrogens is 280 g/mol. The minimum absolute atomic E-state index is 0. The summed E-state index contributed by atoms with van der Waals surface area (Å²) in [5.41, 5.74) is 0. The highest BCUT2D eigenvalue weighted by atomic mass is 35.5. The molecule has 2 rings (SSSR count). The van der Waals surface area contributed by atoms with Crippen LogP contribution in [0.4, 0.5) is 0 Å². The molecule has 19 heavy (non-hydrogen) atoms. The molecule has 0 aliphatic carbocycles. The highest BCUT2D eigenvalue weighted by Gasteiger charge is 2.22. The Morgan fingerprint density at radius 3 is 3.11 bits per heavy atom. The molecule has 1 amide bonds. The molecule has 2 heterocycles. The smallest absolute Gasteiger partial charge is 0.222 e. The van der Waals surface area contributed by atoms with Crippen LogP contribution in [0.25, 0.3) is 0 Å². The normalized spacial score (nSPS) is 19.0. The van der Waals surface area contributed by atoms with E-state index in [-0.39, 0.29) is 12.4 Å². The molecule has 3 nitrogen and oxygen atoms in total. The average Bonchev–Trinajstić information content (AvgIpc) is 2.90. The Morgan fingerprint density at radius 2 is 2.42 bits per heavy atom. The van der Waals surface area contributed by atoms with E-state index in [2.05, 4.69) is 21.7 Å². The van der Waals surface area contributed by atoms with Crippen molar-refractivity contribution in [2.75, 3.05) is 26.7 Å². The SMILES string of the molecule is CNCC1CCCN(C(=O)CCc2cccs2)C1.Cl. The zero-order chi connectivity index (χ0) is 12.8. The molecule has 1 N–H and O–H groups in total. The Bertz CT molecular complexity index is 368. The first-order chi connectivity index (χ1) is 8.79. The maximum atomic E-state index is 12.2. The predicted octanol–water partition coefficient (Wildman–Crippen LogP) is 2.56. The number of nitrogens with one attached hydrogen (secondary N) is 1. The number of halogens is 1. The zero-order valence-corrected chi connectivity index (χ0v) is 13.1. The molecule has 0 saturated carbocycles. The standard InChI is InChI=1S/C14H22N2OS.ClH/c1-15-10-12-4-2-8-16(11-12)14(17)7-6-13-5-3-9-18-13;/h3,5,9,12,15H,2,4,6-8,10-11H2,1H3;1H. The third-order valence-corrected chi connectivity index (χ3v) is 4.47. The molecule has 1 saturated heterocycles. The fourth-order valence-electron chi connectivity index (χ4n) is 2.59. The molecule has 0 radical (unpaired) electrons. The maximum Gasteiger partial charge on any atom is 0.222 e. The van der Waals surface area contributed by atoms with E-state index in [0.29, 0.717) is 18.2 Å². The average molecular weight is 303 g/mol. The Hall–Kier alpha value is -0.580. The van der Waals surface area contributed by atoms with Crippen LogP contribution in [0.15, 0.2) is 17.5 Å². The van der Waals surface area contributed by atoms with Gasteiger partial charge in [-0.05, 0) is 50.2 Å². The Morgan fingerprint density at radius 1 is 1.58 bits per heavy atom. The van der Waals surface area contributed by atoms with Gasteiger partial charge >= 0.3 is 0 Å². The molecule has 0 aromatic carbocycles. The lowest BCUT2D eigenvalue weighted by atomic mass is 9.97. The van der Waals surface area contributed by atoms with Gasteiger partial charge in [0, 0.05) is 24.4 Å². The van der Waals surface area contributed by atoms with Crippen molar-refractivity contribution >= 4 is 29.7 Å². The lowest BCUT2D eigenvalue weighted by Crippen LogP contribution is -2.42. The summed E-state index contributed by atoms with van der Waals surface area (Å²) in [5, 5.41) is 5.29. The Balaban J connectivity index is 0.00000180. The molecule has 1 unspecified atom stereocenters. The van der Waals surface area contributed by atoms with Gasteiger partial charge in [0.25, 0.3) is 0 Å². The number of hydrogen-bond donors (Lipinski definition) is 1. The van der Waals surface area contributed by atoms with Crippen LogP contribution < -0.4 is 5.32 Å². The minimum Gasteiger partial charge on any atom is -0.342 e. The number of thiophene rings is 1. The molecule has 0 bridgehead atoms. The van der Waals surface area contributed by atoms with E-state index in [1.165, 1.54) is 11.3 Å². The van der Waals surface area contributed by atoms with E-state index in [9.17, 15) is 4.79 Å². The van der Waals surface area contributed by atoms with Crippen molar-refractivity contribution in [2.24, 2.45) is 5.92 Å². The highest BCUT2D eigenvalue weighted by molar-refractivity contribution is 7.09. The third-order valence-electron chi connectivity index (χ3n) is 3.53. The van der Waals surface area contributed by atoms with E-state index in [4.69, 9.17) is 0 Å². The van der Waals surface area contributed by atoms with E-state index in [1.807, 2.05) is 13.1 Å². The van der Waals surface area contributed by atoms with Crippen LogP contribution in [0.5, 0.6) is 0 Å². The summed E-state index contributed by atoms with van der Waals surface area (Å²) in [4.78, 5) is 15.5. The van der Waals surface area contributed by atoms with Crippen molar-refractivity contribution in [1.82, 2.24) is 10.2 Å². The molecular formula is C14H23ClN2OS. The summed E-state index contributed by atoms with van der Waals surface area (Å²) in [5.74, 6) is 0.957. The molecule has 1 aliphatic heterocycles. The van der Waals surface area contributed by atoms with Gasteiger partial charge in [-0.15, -0.1) is 23.7 Å². The van der Waals surface area contributed by atoms with Gasteiger partial charge in [0.2, 0.25) is 5.91 Å². The van der Waals surface area contributed by atoms with Gasteiger partial charge in [-0.1, -0.05) is 6.07 Å². The quantitative estimate of drug-likeness (QED) is 0.906. The Kier molecular flexibility index (Phi) is 7.42. The molecule has 0 spiro atoms. The van der Waals surface area contributed by atoms with Crippen LogP contribution in [0.1, 0.15) is 24.1 Å². The van der Waals surface area contributed by atoms with Gasteiger partial charge in [0.15, 0.2) is 0 Å². The summed E-state index contributed by atoms with van der Waals surface area (Å²) < 4.78 is 0. The fourth-order valence-corrected chi connectivity index (χ4v) is 3.30. The number of carbonyl (C=O) groups is 1. The third kappa shape index (κ3) is 5.13. The highest BCUT2D eigenvalue weighted by Crippen LogP contribution is 2.18. The summed E-state index contributed by atoms with van der Waals surface area (Å²) in [7, 11) is 1.98. The molecule has 1 aliphatic rings. The first-order valence-electron chi connectivity index (χ1n) is 6.74. The van der Waals surface area contributed by atoms with Crippen molar-refractivity contribution < 1.29 is 4.79 Å². The summed E-state index contributed by atoms with van der Waals surface area (Å²) >= 11 is 1.74. The number of likely N-dealkylation sites (tertiary alicyclic amines) is 1. The summed E-state index contributed by atoms with van der Waals surface area (Å²) in [6, 6.07) is 4.16. The second-order valence-electron chi connectivity index (χ2n) is 4.99. The van der Waals surface area contributed by atoms with Gasteiger partial charge in [-0.3, -0.25) is 4.79 Å². The topological polar surface area (TPSA) is 32.3 Å². The van der Waals surface area contributed by atoms with Crippen LogP contribution in [0.2, 0.25) is 0 Å². The first-order valence-corrected chi connectivity index (χ1v) is 7.62. The molecule has 1 aromatic heterocycles. The summed E-state index contributed by atoms with van der Waals surface area (Å²) in [6.07, 6.45) is 3.95. The Labute approximate surface area is 125 Å². The van der Waals surface area contributed by atoms with E-state index in [1.54, 1.807) is 11.3 Å². The largest absolute Gasteiger partial charge is 0.342 e. The van der Waals surface area contributed by atoms with Crippen LogP contribution in [-0.2, 0) is 11.2 Å². The van der Waals surface area contributed by atoms with Crippen molar-refractivity contribution in [3.8, 4) is 0 Å². The molecule has 1 aromatic rings. The maximum absolute atomic E-state index is 12.2. The first kappa shape index (κ1) is 16.5. The van der Waals surface area contributed by atoms with Crippen molar-refractivity contribution in [3.63, 3.8) is 0 Å². The lowest BCUT2D eigenvalue weighted by molar-refractivity contribution is -0.132.